The lowest BCUT2D eigenvalue weighted by Gasteiger charge is -2.16. The summed E-state index contributed by atoms with van der Waals surface area (Å²) in [4.78, 5) is 33.3. The summed E-state index contributed by atoms with van der Waals surface area (Å²) in [5.74, 6) is -0.422. The molecule has 8 nitrogen and oxygen atoms in total. The second-order valence-corrected chi connectivity index (χ2v) is 10.5. The number of carbonyl (C=O) groups excluding carboxylic acids is 2. The Hall–Kier alpha value is -3.69. The smallest absolute Gasteiger partial charge is 0.309 e. The average molecular weight is 538 g/mol. The van der Waals surface area contributed by atoms with Crippen LogP contribution in [-0.4, -0.2) is 29.0 Å². The summed E-state index contributed by atoms with van der Waals surface area (Å²) < 4.78 is 5.86. The maximum Gasteiger partial charge on any atom is 0.309 e. The first-order chi connectivity index (χ1) is 17.8. The molecule has 0 saturated heterocycles. The summed E-state index contributed by atoms with van der Waals surface area (Å²) >= 11 is 7.62. The lowest BCUT2D eigenvalue weighted by atomic mass is 9.94. The van der Waals surface area contributed by atoms with Crippen LogP contribution in [0.5, 0.6) is 0 Å². The number of fused-ring (bicyclic) bond motifs is 1. The zero-order valence-corrected chi connectivity index (χ0v) is 22.3. The summed E-state index contributed by atoms with van der Waals surface area (Å²) in [6, 6.07) is 17.3. The minimum Gasteiger partial charge on any atom is -0.469 e. The van der Waals surface area contributed by atoms with Crippen LogP contribution in [0.4, 0.5) is 16.6 Å². The molecule has 2 heterocycles. The first kappa shape index (κ1) is 26.4. The normalized spacial score (nSPS) is 11.8. The first-order valence-corrected chi connectivity index (χ1v) is 13.0. The number of thiazole rings is 1. The number of hydrazine groups is 1. The van der Waals surface area contributed by atoms with Gasteiger partial charge in [-0.2, -0.15) is 0 Å². The number of nitrogens with zero attached hydrogens (tertiary/aromatic N) is 2. The number of ether oxygens (including phenoxy) is 1. The zero-order chi connectivity index (χ0) is 26.4. The van der Waals surface area contributed by atoms with Gasteiger partial charge in [-0.15, -0.1) is 0 Å². The number of amides is 1. The standard InChI is InChI=1S/C27H28ClN5O3S/c1-16(2)12-19(26(35)36-3)14-25(34)33-32-24-13-18(10-11-29-24)17-4-7-21(8-5-17)30-27-31-22-9-6-20(28)15-23(22)37-27/h4-11,13,15-16,19H,12,14H2,1-3H3,(H,29,32)(H,30,31)(H,33,34). The van der Waals surface area contributed by atoms with E-state index in [0.717, 1.165) is 32.2 Å². The van der Waals surface area contributed by atoms with Gasteiger partial charge in [-0.25, -0.2) is 9.97 Å². The zero-order valence-electron chi connectivity index (χ0n) is 20.7. The lowest BCUT2D eigenvalue weighted by molar-refractivity contribution is -0.148. The minimum atomic E-state index is -0.487. The second kappa shape index (κ2) is 12.0. The molecule has 2 aromatic heterocycles. The van der Waals surface area contributed by atoms with E-state index in [1.54, 1.807) is 17.5 Å². The molecule has 37 heavy (non-hydrogen) atoms. The number of aromatic nitrogens is 2. The quantitative estimate of drug-likeness (QED) is 0.158. The van der Waals surface area contributed by atoms with Crippen LogP contribution in [0, 0.1) is 11.8 Å². The number of rotatable bonds is 10. The van der Waals surface area contributed by atoms with Crippen molar-refractivity contribution < 1.29 is 14.3 Å². The Morgan fingerprint density at radius 2 is 1.84 bits per heavy atom. The van der Waals surface area contributed by atoms with Crippen molar-refractivity contribution in [3.8, 4) is 11.1 Å². The highest BCUT2D eigenvalue weighted by Gasteiger charge is 2.23. The van der Waals surface area contributed by atoms with Crippen molar-refractivity contribution in [3.63, 3.8) is 0 Å². The Morgan fingerprint density at radius 3 is 2.57 bits per heavy atom. The molecule has 0 aliphatic heterocycles. The summed E-state index contributed by atoms with van der Waals surface area (Å²) in [6.45, 7) is 4.00. The predicted molar refractivity (Wildman–Crippen MR) is 149 cm³/mol. The highest BCUT2D eigenvalue weighted by molar-refractivity contribution is 7.22. The molecule has 0 radical (unpaired) electrons. The molecule has 1 atom stereocenters. The van der Waals surface area contributed by atoms with Crippen molar-refractivity contribution in [1.82, 2.24) is 15.4 Å². The number of methoxy groups -OCH3 is 1. The van der Waals surface area contributed by atoms with Gasteiger partial charge in [0.2, 0.25) is 5.91 Å². The molecule has 2 aromatic carbocycles. The molecule has 0 saturated carbocycles. The Morgan fingerprint density at radius 1 is 1.05 bits per heavy atom. The molecule has 0 bridgehead atoms. The van der Waals surface area contributed by atoms with Crippen LogP contribution in [0.1, 0.15) is 26.7 Å². The molecule has 0 aliphatic rings. The maximum absolute atomic E-state index is 12.4. The van der Waals surface area contributed by atoms with Gasteiger partial charge < -0.3 is 10.1 Å². The third kappa shape index (κ3) is 7.18. The number of carbonyl (C=O) groups is 2. The van der Waals surface area contributed by atoms with Crippen LogP contribution in [0.3, 0.4) is 0 Å². The summed E-state index contributed by atoms with van der Waals surface area (Å²) in [6.07, 6.45) is 2.28. The summed E-state index contributed by atoms with van der Waals surface area (Å²) in [5.41, 5.74) is 9.20. The van der Waals surface area contributed by atoms with Crippen LogP contribution in [0.25, 0.3) is 21.3 Å². The van der Waals surface area contributed by atoms with E-state index >= 15 is 0 Å². The maximum atomic E-state index is 12.4. The van der Waals surface area contributed by atoms with Crippen molar-refractivity contribution in [1.29, 1.82) is 0 Å². The molecule has 10 heteroatoms. The number of anilines is 3. The van der Waals surface area contributed by atoms with Crippen molar-refractivity contribution in [2.24, 2.45) is 11.8 Å². The van der Waals surface area contributed by atoms with Crippen molar-refractivity contribution in [3.05, 3.63) is 65.8 Å². The third-order valence-electron chi connectivity index (χ3n) is 5.63. The monoisotopic (exact) mass is 537 g/mol. The van der Waals surface area contributed by atoms with Crippen LogP contribution in [0.2, 0.25) is 5.02 Å². The number of benzene rings is 2. The van der Waals surface area contributed by atoms with Gasteiger partial charge in [0.15, 0.2) is 5.13 Å². The second-order valence-electron chi connectivity index (χ2n) is 8.99. The third-order valence-corrected chi connectivity index (χ3v) is 6.80. The Kier molecular flexibility index (Phi) is 8.58. The van der Waals surface area contributed by atoms with Crippen molar-refractivity contribution in [2.75, 3.05) is 17.9 Å². The van der Waals surface area contributed by atoms with Gasteiger partial charge in [0.05, 0.1) is 23.2 Å². The Bertz CT molecular complexity index is 1390. The van der Waals surface area contributed by atoms with Gasteiger partial charge in [0.1, 0.15) is 5.82 Å². The fourth-order valence-corrected chi connectivity index (χ4v) is 5.07. The van der Waals surface area contributed by atoms with E-state index in [-0.39, 0.29) is 24.2 Å². The SMILES string of the molecule is COC(=O)C(CC(=O)NNc1cc(-c2ccc(Nc3nc4ccc(Cl)cc4s3)cc2)ccn1)CC(C)C. The first-order valence-electron chi connectivity index (χ1n) is 11.8. The van der Waals surface area contributed by atoms with Gasteiger partial charge in [-0.3, -0.25) is 20.4 Å². The molecule has 0 fully saturated rings. The highest BCUT2D eigenvalue weighted by Crippen LogP contribution is 2.31. The summed E-state index contributed by atoms with van der Waals surface area (Å²) in [7, 11) is 1.33. The molecule has 4 aromatic rings. The number of nitrogens with one attached hydrogen (secondary N) is 3. The molecule has 3 N–H and O–H groups in total. The number of pyridine rings is 1. The van der Waals surface area contributed by atoms with Crippen LogP contribution in [-0.2, 0) is 14.3 Å². The average Bonchev–Trinajstić information content (AvgIpc) is 3.28. The number of hydrogen-bond acceptors (Lipinski definition) is 8. The van der Waals surface area contributed by atoms with E-state index in [1.165, 1.54) is 7.11 Å². The summed E-state index contributed by atoms with van der Waals surface area (Å²) in [5, 5.41) is 4.81. The fourth-order valence-electron chi connectivity index (χ4n) is 3.91. The number of halogens is 1. The largest absolute Gasteiger partial charge is 0.469 e. The van der Waals surface area contributed by atoms with Crippen LogP contribution < -0.4 is 16.2 Å². The fraction of sp³-hybridized carbons (Fsp3) is 0.259. The van der Waals surface area contributed by atoms with Gasteiger partial charge in [-0.05, 0) is 65.9 Å². The van der Waals surface area contributed by atoms with E-state index < -0.39 is 5.92 Å². The highest BCUT2D eigenvalue weighted by atomic mass is 35.5. The molecule has 1 unspecified atom stereocenters. The van der Waals surface area contributed by atoms with E-state index in [1.807, 2.05) is 68.4 Å². The molecule has 0 aliphatic carbocycles. The van der Waals surface area contributed by atoms with Gasteiger partial charge in [-0.1, -0.05) is 48.9 Å². The van der Waals surface area contributed by atoms with Crippen LogP contribution >= 0.6 is 22.9 Å². The van der Waals surface area contributed by atoms with E-state index in [0.29, 0.717) is 17.3 Å². The van der Waals surface area contributed by atoms with Gasteiger partial charge in [0.25, 0.3) is 0 Å². The van der Waals surface area contributed by atoms with E-state index in [4.69, 9.17) is 16.3 Å². The molecule has 1 amide bonds. The Labute approximate surface area is 224 Å². The number of hydrogen-bond donors (Lipinski definition) is 3. The van der Waals surface area contributed by atoms with E-state index in [9.17, 15) is 9.59 Å². The molecular weight excluding hydrogens is 510 g/mol. The van der Waals surface area contributed by atoms with Gasteiger partial charge >= 0.3 is 5.97 Å². The predicted octanol–water partition coefficient (Wildman–Crippen LogP) is 6.42. The minimum absolute atomic E-state index is 0.0354. The van der Waals surface area contributed by atoms with E-state index in [2.05, 4.69) is 26.1 Å². The van der Waals surface area contributed by atoms with Crippen molar-refractivity contribution in [2.45, 2.75) is 26.7 Å². The topological polar surface area (TPSA) is 105 Å². The Balaban J connectivity index is 1.36. The molecule has 4 rings (SSSR count). The van der Waals surface area contributed by atoms with Crippen LogP contribution in [0.15, 0.2) is 60.8 Å². The number of esters is 1. The van der Waals surface area contributed by atoms with Crippen molar-refractivity contribution >= 4 is 61.7 Å². The van der Waals surface area contributed by atoms with Gasteiger partial charge in [0, 0.05) is 23.3 Å². The molecule has 0 spiro atoms. The lowest BCUT2D eigenvalue weighted by Crippen LogP contribution is -2.33. The molecule has 192 valence electrons. The molecular formula is C27H28ClN5O3S.